The minimum Gasteiger partial charge on any atom is -0.323 e. The quantitative estimate of drug-likeness (QED) is 0.698. The first kappa shape index (κ1) is 19.8. The van der Waals surface area contributed by atoms with Crippen LogP contribution in [0, 0.1) is 5.41 Å². The van der Waals surface area contributed by atoms with Gasteiger partial charge < -0.3 is 9.80 Å². The normalized spacial score (nSPS) is 26.2. The van der Waals surface area contributed by atoms with E-state index in [-0.39, 0.29) is 30.2 Å². The van der Waals surface area contributed by atoms with Crippen molar-refractivity contribution in [2.45, 2.75) is 68.1 Å². The predicted molar refractivity (Wildman–Crippen MR) is 107 cm³/mol. The molecule has 7 rings (SSSR count). The van der Waals surface area contributed by atoms with Crippen LogP contribution in [0.2, 0.25) is 0 Å². The third-order valence-electron chi connectivity index (χ3n) is 8.27. The molecule has 5 aliphatic rings. The van der Waals surface area contributed by atoms with Gasteiger partial charge in [0.25, 0.3) is 0 Å². The Balaban J connectivity index is 0.900. The van der Waals surface area contributed by atoms with Gasteiger partial charge in [-0.2, -0.15) is 18.3 Å². The van der Waals surface area contributed by atoms with Crippen molar-refractivity contribution in [1.29, 1.82) is 0 Å². The Morgan fingerprint density at radius 3 is 2.42 bits per heavy atom. The lowest BCUT2D eigenvalue weighted by atomic mass is 9.61. The van der Waals surface area contributed by atoms with E-state index in [0.717, 1.165) is 36.4 Å². The molecule has 2 aliphatic heterocycles. The molecule has 0 unspecified atom stereocenters. The van der Waals surface area contributed by atoms with Crippen molar-refractivity contribution >= 4 is 6.03 Å². The van der Waals surface area contributed by atoms with Crippen LogP contribution in [-0.2, 0) is 5.54 Å². The second kappa shape index (κ2) is 6.26. The van der Waals surface area contributed by atoms with Crippen molar-refractivity contribution in [3.05, 3.63) is 24.0 Å². The standard InChI is InChI=1S/C21H25F3N8O/c22-21(23,24)20(3-4-20)32-9-16(26-28-32)14-7-29(8-14)18(33)30-10-19(11-30)5-15(6-19)31-12-25-17(27-31)13-1-2-13/h9,12-15H,1-8,10-11H2. The number of hydrogen-bond donors (Lipinski definition) is 0. The van der Waals surface area contributed by atoms with Crippen molar-refractivity contribution in [2.75, 3.05) is 26.2 Å². The van der Waals surface area contributed by atoms with Crippen LogP contribution in [0.3, 0.4) is 0 Å². The molecule has 2 amide bonds. The predicted octanol–water partition coefficient (Wildman–Crippen LogP) is 2.65. The van der Waals surface area contributed by atoms with E-state index in [2.05, 4.69) is 20.4 Å². The van der Waals surface area contributed by atoms with Crippen molar-refractivity contribution < 1.29 is 18.0 Å². The zero-order valence-corrected chi connectivity index (χ0v) is 18.1. The molecule has 176 valence electrons. The second-order valence-corrected chi connectivity index (χ2v) is 10.8. The SMILES string of the molecule is O=C(N1CC(c2cn(C3(C(F)(F)F)CC3)nn2)C1)N1CC2(CC(n3cnc(C4CC4)n3)C2)C1. The van der Waals surface area contributed by atoms with E-state index in [0.29, 0.717) is 30.7 Å². The van der Waals surface area contributed by atoms with Crippen LogP contribution in [0.1, 0.15) is 67.9 Å². The molecule has 0 radical (unpaired) electrons. The first-order chi connectivity index (χ1) is 15.8. The summed E-state index contributed by atoms with van der Waals surface area (Å²) in [6.45, 7) is 2.48. The van der Waals surface area contributed by atoms with Gasteiger partial charge in [-0.3, -0.25) is 0 Å². The van der Waals surface area contributed by atoms with Crippen LogP contribution in [0.15, 0.2) is 12.5 Å². The highest BCUT2D eigenvalue weighted by atomic mass is 19.4. The first-order valence-electron chi connectivity index (χ1n) is 11.7. The summed E-state index contributed by atoms with van der Waals surface area (Å²) in [6, 6.07) is 0.392. The number of amides is 2. The Labute approximate surface area is 187 Å². The lowest BCUT2D eigenvalue weighted by molar-refractivity contribution is -0.182. The number of halogens is 3. The Bertz CT molecular complexity index is 1100. The summed E-state index contributed by atoms with van der Waals surface area (Å²) in [4.78, 5) is 20.9. The van der Waals surface area contributed by atoms with Crippen molar-refractivity contribution in [3.63, 3.8) is 0 Å². The summed E-state index contributed by atoms with van der Waals surface area (Å²) in [5.41, 5.74) is -1.14. The summed E-state index contributed by atoms with van der Waals surface area (Å²) in [6.07, 6.45) is 3.48. The minimum atomic E-state index is -4.32. The number of likely N-dealkylation sites (tertiary alicyclic amines) is 2. The molecule has 0 aromatic carbocycles. The molecule has 2 aromatic heterocycles. The fourth-order valence-corrected chi connectivity index (χ4v) is 5.73. The van der Waals surface area contributed by atoms with Crippen LogP contribution in [0.25, 0.3) is 0 Å². The van der Waals surface area contributed by atoms with Crippen LogP contribution in [0.4, 0.5) is 18.0 Å². The zero-order chi connectivity index (χ0) is 22.6. The van der Waals surface area contributed by atoms with Crippen molar-refractivity contribution in [1.82, 2.24) is 39.6 Å². The molecule has 0 bridgehead atoms. The van der Waals surface area contributed by atoms with Crippen LogP contribution in [-0.4, -0.2) is 77.9 Å². The Kier molecular flexibility index (Phi) is 3.75. The summed E-state index contributed by atoms with van der Waals surface area (Å²) >= 11 is 0. The molecule has 5 fully saturated rings. The molecule has 3 saturated carbocycles. The average Bonchev–Trinajstić information content (AvgIpc) is 3.58. The van der Waals surface area contributed by atoms with Gasteiger partial charge in [0, 0.05) is 49.6 Å². The smallest absolute Gasteiger partial charge is 0.323 e. The van der Waals surface area contributed by atoms with E-state index in [1.54, 1.807) is 4.90 Å². The van der Waals surface area contributed by atoms with Gasteiger partial charge in [0.05, 0.1) is 11.7 Å². The van der Waals surface area contributed by atoms with Crippen LogP contribution in [0.5, 0.6) is 0 Å². The van der Waals surface area contributed by atoms with Crippen LogP contribution >= 0.6 is 0 Å². The van der Waals surface area contributed by atoms with E-state index in [4.69, 9.17) is 0 Å². The number of carbonyl (C=O) groups excluding carboxylic acids is 1. The molecule has 0 atom stereocenters. The number of hydrogen-bond acceptors (Lipinski definition) is 5. The molecule has 3 aliphatic carbocycles. The maximum absolute atomic E-state index is 13.3. The van der Waals surface area contributed by atoms with E-state index in [1.165, 1.54) is 19.0 Å². The van der Waals surface area contributed by atoms with Crippen molar-refractivity contribution in [3.8, 4) is 0 Å². The Hall–Kier alpha value is -2.66. The molecular formula is C21H25F3N8O. The van der Waals surface area contributed by atoms with Gasteiger partial charge >= 0.3 is 12.2 Å². The molecule has 33 heavy (non-hydrogen) atoms. The van der Waals surface area contributed by atoms with Gasteiger partial charge in [-0.1, -0.05) is 5.21 Å². The number of nitrogens with zero attached hydrogens (tertiary/aromatic N) is 8. The monoisotopic (exact) mass is 462 g/mol. The summed E-state index contributed by atoms with van der Waals surface area (Å²) in [5.74, 6) is 1.48. The third kappa shape index (κ3) is 2.94. The molecule has 12 heteroatoms. The second-order valence-electron chi connectivity index (χ2n) is 10.8. The highest BCUT2D eigenvalue weighted by molar-refractivity contribution is 5.76. The number of aromatic nitrogens is 6. The topological polar surface area (TPSA) is 85.0 Å². The summed E-state index contributed by atoms with van der Waals surface area (Å²) < 4.78 is 42.8. The highest BCUT2D eigenvalue weighted by Crippen LogP contribution is 2.56. The molecule has 9 nitrogen and oxygen atoms in total. The molecule has 2 saturated heterocycles. The minimum absolute atomic E-state index is 0.0125. The van der Waals surface area contributed by atoms with Gasteiger partial charge in [-0.15, -0.1) is 5.10 Å². The zero-order valence-electron chi connectivity index (χ0n) is 18.1. The molecule has 4 heterocycles. The Morgan fingerprint density at radius 2 is 1.79 bits per heavy atom. The maximum Gasteiger partial charge on any atom is 0.413 e. The fourth-order valence-electron chi connectivity index (χ4n) is 5.73. The average molecular weight is 462 g/mol. The molecular weight excluding hydrogens is 437 g/mol. The Morgan fingerprint density at radius 1 is 1.06 bits per heavy atom. The highest BCUT2D eigenvalue weighted by Gasteiger charge is 2.66. The van der Waals surface area contributed by atoms with Gasteiger partial charge in [0.1, 0.15) is 6.33 Å². The summed E-state index contributed by atoms with van der Waals surface area (Å²) in [7, 11) is 0. The van der Waals surface area contributed by atoms with Gasteiger partial charge in [-0.05, 0) is 38.5 Å². The molecule has 2 aromatic rings. The molecule has 0 N–H and O–H groups in total. The largest absolute Gasteiger partial charge is 0.413 e. The van der Waals surface area contributed by atoms with Gasteiger partial charge in [-0.25, -0.2) is 19.1 Å². The van der Waals surface area contributed by atoms with Crippen LogP contribution < -0.4 is 0 Å². The summed E-state index contributed by atoms with van der Waals surface area (Å²) in [5, 5.41) is 12.4. The lowest BCUT2D eigenvalue weighted by Crippen LogP contribution is -2.67. The fraction of sp³-hybridized carbons (Fsp3) is 0.762. The van der Waals surface area contributed by atoms with Gasteiger partial charge in [0.15, 0.2) is 11.4 Å². The first-order valence-corrected chi connectivity index (χ1v) is 11.7. The number of urea groups is 1. The van der Waals surface area contributed by atoms with Gasteiger partial charge in [0.2, 0.25) is 0 Å². The van der Waals surface area contributed by atoms with E-state index in [9.17, 15) is 18.0 Å². The van der Waals surface area contributed by atoms with Crippen molar-refractivity contribution in [2.24, 2.45) is 5.41 Å². The number of alkyl halides is 3. The third-order valence-corrected chi connectivity index (χ3v) is 8.27. The van der Waals surface area contributed by atoms with E-state index < -0.39 is 11.7 Å². The number of rotatable bonds is 4. The lowest BCUT2D eigenvalue weighted by Gasteiger charge is -2.59. The van der Waals surface area contributed by atoms with E-state index >= 15 is 0 Å². The maximum atomic E-state index is 13.3. The number of carbonyl (C=O) groups is 1. The molecule has 1 spiro atoms. The van der Waals surface area contributed by atoms with E-state index in [1.807, 2.05) is 15.9 Å².